The number of hydrogen-bond donors (Lipinski definition) is 3. The van der Waals surface area contributed by atoms with Crippen LogP contribution in [-0.2, 0) is 4.79 Å². The monoisotopic (exact) mass is 238 g/mol. The molecule has 0 radical (unpaired) electrons. The van der Waals surface area contributed by atoms with Crippen LogP contribution in [0.1, 0.15) is 13.3 Å². The highest BCUT2D eigenvalue weighted by Gasteiger charge is 2.09. The standard InChI is InChI=1S/C12H18N2O3/c1-2-10(7-15)14-12(16)8-17-11-5-3-4-9(13)6-11/h3-6,10,15H,2,7-8,13H2,1H3,(H,14,16)/t10-/m0/s1. The maximum Gasteiger partial charge on any atom is 0.258 e. The van der Waals surface area contributed by atoms with E-state index in [-0.39, 0.29) is 25.2 Å². The van der Waals surface area contributed by atoms with Gasteiger partial charge in [-0.05, 0) is 18.6 Å². The zero-order valence-electron chi connectivity index (χ0n) is 9.85. The summed E-state index contributed by atoms with van der Waals surface area (Å²) in [5.74, 6) is 0.297. The van der Waals surface area contributed by atoms with Crippen molar-refractivity contribution in [1.29, 1.82) is 0 Å². The molecule has 0 heterocycles. The molecular formula is C12H18N2O3. The number of aliphatic hydroxyl groups is 1. The maximum absolute atomic E-state index is 11.5. The lowest BCUT2D eigenvalue weighted by atomic mass is 10.2. The minimum Gasteiger partial charge on any atom is -0.484 e. The van der Waals surface area contributed by atoms with E-state index in [1.54, 1.807) is 24.3 Å². The molecule has 0 aliphatic carbocycles. The highest BCUT2D eigenvalue weighted by atomic mass is 16.5. The third-order valence-corrected chi connectivity index (χ3v) is 2.31. The zero-order chi connectivity index (χ0) is 12.7. The van der Waals surface area contributed by atoms with Crippen molar-refractivity contribution in [2.75, 3.05) is 18.9 Å². The lowest BCUT2D eigenvalue weighted by Crippen LogP contribution is -2.39. The third kappa shape index (κ3) is 4.74. The Labute approximate surface area is 101 Å². The Bertz CT molecular complexity index is 365. The molecule has 94 valence electrons. The second-order valence-corrected chi connectivity index (χ2v) is 3.72. The van der Waals surface area contributed by atoms with E-state index >= 15 is 0 Å². The number of carbonyl (C=O) groups is 1. The number of carbonyl (C=O) groups excluding carboxylic acids is 1. The summed E-state index contributed by atoms with van der Waals surface area (Å²) in [4.78, 5) is 11.5. The van der Waals surface area contributed by atoms with Crippen LogP contribution in [0.4, 0.5) is 5.69 Å². The van der Waals surface area contributed by atoms with E-state index in [2.05, 4.69) is 5.32 Å². The number of aliphatic hydroxyl groups excluding tert-OH is 1. The van der Waals surface area contributed by atoms with Gasteiger partial charge in [-0.25, -0.2) is 0 Å². The molecule has 1 amide bonds. The van der Waals surface area contributed by atoms with Crippen LogP contribution in [-0.4, -0.2) is 30.3 Å². The van der Waals surface area contributed by atoms with Crippen molar-refractivity contribution in [2.45, 2.75) is 19.4 Å². The minimum atomic E-state index is -0.256. The molecule has 1 atom stereocenters. The molecular weight excluding hydrogens is 220 g/mol. The lowest BCUT2D eigenvalue weighted by molar-refractivity contribution is -0.124. The third-order valence-electron chi connectivity index (χ3n) is 2.31. The number of nitrogen functional groups attached to an aromatic ring is 1. The van der Waals surface area contributed by atoms with Crippen molar-refractivity contribution in [3.8, 4) is 5.75 Å². The van der Waals surface area contributed by atoms with Crippen LogP contribution >= 0.6 is 0 Å². The summed E-state index contributed by atoms with van der Waals surface area (Å²) >= 11 is 0. The number of nitrogens with two attached hydrogens (primary N) is 1. The van der Waals surface area contributed by atoms with Gasteiger partial charge in [0.2, 0.25) is 0 Å². The molecule has 1 aromatic rings. The molecule has 5 nitrogen and oxygen atoms in total. The number of amides is 1. The van der Waals surface area contributed by atoms with Crippen molar-refractivity contribution < 1.29 is 14.6 Å². The molecule has 4 N–H and O–H groups in total. The van der Waals surface area contributed by atoms with E-state index < -0.39 is 0 Å². The summed E-state index contributed by atoms with van der Waals surface area (Å²) in [6, 6.07) is 6.66. The minimum absolute atomic E-state index is 0.0689. The van der Waals surface area contributed by atoms with Crippen LogP contribution in [0.3, 0.4) is 0 Å². The first-order valence-corrected chi connectivity index (χ1v) is 5.54. The molecule has 1 aromatic carbocycles. The first-order valence-electron chi connectivity index (χ1n) is 5.54. The van der Waals surface area contributed by atoms with Gasteiger partial charge in [-0.3, -0.25) is 4.79 Å². The van der Waals surface area contributed by atoms with Crippen molar-refractivity contribution in [3.63, 3.8) is 0 Å². The molecule has 0 fully saturated rings. The Morgan fingerprint density at radius 1 is 1.59 bits per heavy atom. The van der Waals surface area contributed by atoms with Gasteiger partial charge in [0.15, 0.2) is 6.61 Å². The predicted molar refractivity (Wildman–Crippen MR) is 65.7 cm³/mol. The van der Waals surface area contributed by atoms with Gasteiger partial charge in [-0.1, -0.05) is 13.0 Å². The van der Waals surface area contributed by atoms with E-state index in [4.69, 9.17) is 15.6 Å². The number of rotatable bonds is 6. The Morgan fingerprint density at radius 2 is 2.35 bits per heavy atom. The fourth-order valence-corrected chi connectivity index (χ4v) is 1.30. The smallest absolute Gasteiger partial charge is 0.258 e. The highest BCUT2D eigenvalue weighted by Crippen LogP contribution is 2.13. The molecule has 0 aromatic heterocycles. The largest absolute Gasteiger partial charge is 0.484 e. The van der Waals surface area contributed by atoms with E-state index in [0.29, 0.717) is 17.9 Å². The number of ether oxygens (including phenoxy) is 1. The van der Waals surface area contributed by atoms with Crippen LogP contribution in [0, 0.1) is 0 Å². The molecule has 0 bridgehead atoms. The summed E-state index contributed by atoms with van der Waals surface area (Å²) in [6.07, 6.45) is 0.681. The number of nitrogens with one attached hydrogen (secondary N) is 1. The topological polar surface area (TPSA) is 84.6 Å². The van der Waals surface area contributed by atoms with E-state index in [1.807, 2.05) is 6.92 Å². The van der Waals surface area contributed by atoms with Crippen LogP contribution in [0.25, 0.3) is 0 Å². The van der Waals surface area contributed by atoms with E-state index in [1.165, 1.54) is 0 Å². The van der Waals surface area contributed by atoms with Gasteiger partial charge in [0.05, 0.1) is 12.6 Å². The molecule has 0 saturated carbocycles. The quantitative estimate of drug-likeness (QED) is 0.631. The van der Waals surface area contributed by atoms with Gasteiger partial charge in [0, 0.05) is 11.8 Å². The van der Waals surface area contributed by atoms with Gasteiger partial charge < -0.3 is 20.9 Å². The molecule has 0 unspecified atom stereocenters. The van der Waals surface area contributed by atoms with Crippen LogP contribution < -0.4 is 15.8 Å². The maximum atomic E-state index is 11.5. The van der Waals surface area contributed by atoms with Gasteiger partial charge in [0.1, 0.15) is 5.75 Å². The Kier molecular flexibility index (Phi) is 5.29. The Balaban J connectivity index is 2.38. The first-order chi connectivity index (χ1) is 8.15. The molecule has 5 heteroatoms. The van der Waals surface area contributed by atoms with Crippen LogP contribution in [0.2, 0.25) is 0 Å². The van der Waals surface area contributed by atoms with Gasteiger partial charge in [0.25, 0.3) is 5.91 Å². The van der Waals surface area contributed by atoms with Gasteiger partial charge >= 0.3 is 0 Å². The predicted octanol–water partition coefficient (Wildman–Crippen LogP) is 0.535. The molecule has 0 saturated heterocycles. The van der Waals surface area contributed by atoms with Crippen molar-refractivity contribution >= 4 is 11.6 Å². The Morgan fingerprint density at radius 3 is 2.94 bits per heavy atom. The van der Waals surface area contributed by atoms with Crippen LogP contribution in [0.15, 0.2) is 24.3 Å². The highest BCUT2D eigenvalue weighted by molar-refractivity contribution is 5.77. The molecule has 1 rings (SSSR count). The van der Waals surface area contributed by atoms with Crippen molar-refractivity contribution in [2.24, 2.45) is 0 Å². The normalized spacial score (nSPS) is 11.9. The average molecular weight is 238 g/mol. The van der Waals surface area contributed by atoms with E-state index in [9.17, 15) is 4.79 Å². The van der Waals surface area contributed by atoms with Gasteiger partial charge in [-0.15, -0.1) is 0 Å². The second-order valence-electron chi connectivity index (χ2n) is 3.72. The van der Waals surface area contributed by atoms with Gasteiger partial charge in [-0.2, -0.15) is 0 Å². The number of hydrogen-bond acceptors (Lipinski definition) is 4. The zero-order valence-corrected chi connectivity index (χ0v) is 9.85. The van der Waals surface area contributed by atoms with E-state index in [0.717, 1.165) is 0 Å². The molecule has 17 heavy (non-hydrogen) atoms. The fourth-order valence-electron chi connectivity index (χ4n) is 1.30. The Hall–Kier alpha value is -1.75. The first kappa shape index (κ1) is 13.3. The summed E-state index contributed by atoms with van der Waals surface area (Å²) in [5.41, 5.74) is 6.16. The lowest BCUT2D eigenvalue weighted by Gasteiger charge is -2.14. The molecule has 0 aliphatic heterocycles. The summed E-state index contributed by atoms with van der Waals surface area (Å²) in [5, 5.41) is 11.6. The number of anilines is 1. The van der Waals surface area contributed by atoms with Crippen molar-refractivity contribution in [1.82, 2.24) is 5.32 Å². The SMILES string of the molecule is CC[C@@H](CO)NC(=O)COc1cccc(N)c1. The summed E-state index contributed by atoms with van der Waals surface area (Å²) in [7, 11) is 0. The van der Waals surface area contributed by atoms with Crippen molar-refractivity contribution in [3.05, 3.63) is 24.3 Å². The fraction of sp³-hybridized carbons (Fsp3) is 0.417. The molecule has 0 aliphatic rings. The molecule has 0 spiro atoms. The average Bonchev–Trinajstić information content (AvgIpc) is 2.33. The number of benzene rings is 1. The summed E-state index contributed by atoms with van der Waals surface area (Å²) < 4.78 is 5.26. The second kappa shape index (κ2) is 6.75. The summed E-state index contributed by atoms with van der Waals surface area (Å²) in [6.45, 7) is 1.74. The van der Waals surface area contributed by atoms with Crippen LogP contribution in [0.5, 0.6) is 5.75 Å².